The number of allylic oxidation sites excluding steroid dienone is 8. The van der Waals surface area contributed by atoms with Crippen LogP contribution >= 0.6 is 0 Å². The van der Waals surface area contributed by atoms with Crippen LogP contribution < -0.4 is 0 Å². The van der Waals surface area contributed by atoms with Crippen LogP contribution in [-0.4, -0.2) is 36.4 Å². The molecule has 0 aliphatic carbocycles. The molecule has 0 aliphatic rings. The first kappa shape index (κ1) is 43.9. The van der Waals surface area contributed by atoms with Gasteiger partial charge >= 0.3 is 11.9 Å². The van der Waals surface area contributed by atoms with Crippen molar-refractivity contribution in [1.82, 2.24) is 0 Å². The number of hydrogen-bond donors (Lipinski definition) is 1. The number of hydrogen-bond acceptors (Lipinski definition) is 5. The fourth-order valence-electron chi connectivity index (χ4n) is 5.25. The molecule has 0 heterocycles. The van der Waals surface area contributed by atoms with E-state index in [1.807, 2.05) is 0 Å². The first-order chi connectivity index (χ1) is 22.6. The molecular weight excluding hydrogens is 572 g/mol. The number of ether oxygens (including phenoxy) is 2. The molecule has 0 aromatic carbocycles. The molecule has 5 heteroatoms. The maximum absolute atomic E-state index is 12.2. The normalized spacial score (nSPS) is 12.7. The van der Waals surface area contributed by atoms with E-state index < -0.39 is 6.10 Å². The maximum Gasteiger partial charge on any atom is 0.306 e. The van der Waals surface area contributed by atoms with Crippen molar-refractivity contribution in [2.75, 3.05) is 13.2 Å². The van der Waals surface area contributed by atoms with Gasteiger partial charge in [-0.2, -0.15) is 0 Å². The summed E-state index contributed by atoms with van der Waals surface area (Å²) in [5.74, 6) is -0.637. The van der Waals surface area contributed by atoms with E-state index in [9.17, 15) is 14.7 Å². The summed E-state index contributed by atoms with van der Waals surface area (Å²) in [6.07, 6.45) is 46.0. The molecule has 0 radical (unpaired) electrons. The molecule has 0 aromatic rings. The number of unbranched alkanes of at least 4 members (excludes halogenated alkanes) is 18. The fraction of sp³-hybridized carbons (Fsp3) is 0.756. The second kappa shape index (κ2) is 37.3. The first-order valence-electron chi connectivity index (χ1n) is 19.2. The van der Waals surface area contributed by atoms with Gasteiger partial charge in [0.2, 0.25) is 0 Å². The van der Waals surface area contributed by atoms with Crippen molar-refractivity contribution >= 4 is 11.9 Å². The van der Waals surface area contributed by atoms with Gasteiger partial charge in [0.1, 0.15) is 6.61 Å². The van der Waals surface area contributed by atoms with Gasteiger partial charge in [0.05, 0.1) is 6.61 Å². The Labute approximate surface area is 284 Å². The molecule has 1 N–H and O–H groups in total. The van der Waals surface area contributed by atoms with E-state index >= 15 is 0 Å². The maximum atomic E-state index is 12.2. The summed E-state index contributed by atoms with van der Waals surface area (Å²) < 4.78 is 10.6. The van der Waals surface area contributed by atoms with E-state index in [2.05, 4.69) is 62.5 Å². The molecule has 0 spiro atoms. The largest absolute Gasteiger partial charge is 0.462 e. The van der Waals surface area contributed by atoms with E-state index in [1.54, 1.807) is 0 Å². The van der Waals surface area contributed by atoms with Gasteiger partial charge < -0.3 is 14.6 Å². The van der Waals surface area contributed by atoms with Crippen molar-refractivity contribution < 1.29 is 24.2 Å². The van der Waals surface area contributed by atoms with Crippen LogP contribution in [0.5, 0.6) is 0 Å². The molecule has 0 fully saturated rings. The SMILES string of the molecule is CC/C=C/C/C=C/C/C=C/C/C=C/CCCCC(=O)OC[C@H](CO)OC(=O)CCCCCCCCCCCCCCCCCCC. The highest BCUT2D eigenvalue weighted by Gasteiger charge is 2.16. The van der Waals surface area contributed by atoms with Crippen LogP contribution in [0.25, 0.3) is 0 Å². The molecule has 266 valence electrons. The molecule has 46 heavy (non-hydrogen) atoms. The zero-order chi connectivity index (χ0) is 33.6. The number of aliphatic hydroxyl groups is 1. The van der Waals surface area contributed by atoms with Crippen LogP contribution in [0, 0.1) is 0 Å². The van der Waals surface area contributed by atoms with Crippen LogP contribution in [0.4, 0.5) is 0 Å². The highest BCUT2D eigenvalue weighted by atomic mass is 16.6. The number of carbonyl (C=O) groups is 2. The van der Waals surface area contributed by atoms with Gasteiger partial charge in [0.25, 0.3) is 0 Å². The Balaban J connectivity index is 3.61. The lowest BCUT2D eigenvalue weighted by atomic mass is 10.0. The molecule has 5 nitrogen and oxygen atoms in total. The number of aliphatic hydroxyl groups excluding tert-OH is 1. The lowest BCUT2D eigenvalue weighted by Gasteiger charge is -2.15. The Morgan fingerprint density at radius 3 is 1.41 bits per heavy atom. The van der Waals surface area contributed by atoms with Crippen molar-refractivity contribution in [2.45, 2.75) is 187 Å². The quantitative estimate of drug-likeness (QED) is 0.0429. The minimum Gasteiger partial charge on any atom is -0.462 e. The molecule has 1 atom stereocenters. The summed E-state index contributed by atoms with van der Waals surface area (Å²) in [7, 11) is 0. The number of carbonyl (C=O) groups excluding carboxylic acids is 2. The Kier molecular flexibility index (Phi) is 35.6. The highest BCUT2D eigenvalue weighted by Crippen LogP contribution is 2.15. The van der Waals surface area contributed by atoms with Gasteiger partial charge in [0.15, 0.2) is 6.10 Å². The van der Waals surface area contributed by atoms with Crippen LogP contribution in [-0.2, 0) is 19.1 Å². The van der Waals surface area contributed by atoms with E-state index in [4.69, 9.17) is 9.47 Å². The van der Waals surface area contributed by atoms with Gasteiger partial charge in [-0.3, -0.25) is 9.59 Å². The minimum absolute atomic E-state index is 0.0863. The molecule has 0 amide bonds. The molecule has 0 aliphatic heterocycles. The first-order valence-corrected chi connectivity index (χ1v) is 19.2. The van der Waals surface area contributed by atoms with Crippen molar-refractivity contribution in [1.29, 1.82) is 0 Å². The Morgan fingerprint density at radius 2 is 0.935 bits per heavy atom. The van der Waals surface area contributed by atoms with Crippen LogP contribution in [0.3, 0.4) is 0 Å². The average Bonchev–Trinajstić information content (AvgIpc) is 3.06. The Bertz CT molecular complexity index is 782. The van der Waals surface area contributed by atoms with E-state index in [1.165, 1.54) is 89.9 Å². The lowest BCUT2D eigenvalue weighted by molar-refractivity contribution is -0.161. The number of rotatable bonds is 34. The molecule has 0 unspecified atom stereocenters. The summed E-state index contributed by atoms with van der Waals surface area (Å²) in [5.41, 5.74) is 0. The molecule has 0 aromatic heterocycles. The van der Waals surface area contributed by atoms with E-state index in [0.717, 1.165) is 64.2 Å². The third kappa shape index (κ3) is 34.7. The second-order valence-electron chi connectivity index (χ2n) is 12.6. The smallest absolute Gasteiger partial charge is 0.306 e. The Hall–Kier alpha value is -2.14. The monoisotopic (exact) mass is 645 g/mol. The average molecular weight is 645 g/mol. The van der Waals surface area contributed by atoms with Gasteiger partial charge in [0, 0.05) is 12.8 Å². The second-order valence-corrected chi connectivity index (χ2v) is 12.6. The minimum atomic E-state index is -0.786. The zero-order valence-corrected chi connectivity index (χ0v) is 30.1. The summed E-state index contributed by atoms with van der Waals surface area (Å²) in [5, 5.41) is 9.54. The predicted molar refractivity (Wildman–Crippen MR) is 196 cm³/mol. The van der Waals surface area contributed by atoms with E-state index in [0.29, 0.717) is 12.8 Å². The van der Waals surface area contributed by atoms with Crippen molar-refractivity contribution in [2.24, 2.45) is 0 Å². The molecule has 0 saturated carbocycles. The molecular formula is C41H72O5. The molecule has 0 saturated heterocycles. The van der Waals surface area contributed by atoms with Gasteiger partial charge in [-0.15, -0.1) is 0 Å². The topological polar surface area (TPSA) is 72.8 Å². The van der Waals surface area contributed by atoms with Crippen molar-refractivity contribution in [3.05, 3.63) is 48.6 Å². The molecule has 0 rings (SSSR count). The van der Waals surface area contributed by atoms with Crippen LogP contribution in [0.15, 0.2) is 48.6 Å². The highest BCUT2D eigenvalue weighted by molar-refractivity contribution is 5.70. The van der Waals surface area contributed by atoms with Crippen LogP contribution in [0.2, 0.25) is 0 Å². The van der Waals surface area contributed by atoms with E-state index in [-0.39, 0.29) is 25.2 Å². The van der Waals surface area contributed by atoms with Gasteiger partial charge in [-0.25, -0.2) is 0 Å². The summed E-state index contributed by atoms with van der Waals surface area (Å²) in [6, 6.07) is 0. The standard InChI is InChI=1S/C41H72O5/c1-3-5-7-9-11-13-15-17-19-20-22-24-26-28-30-32-34-36-41(44)46-39(37-42)38-45-40(43)35-33-31-29-27-25-23-21-18-16-14-12-10-8-6-4-2/h6,8,12,14,18,21,25,27,39,42H,3-5,7,9-11,13,15-17,19-20,22-24,26,28-38H2,1-2H3/b8-6+,14-12+,21-18+,27-25+/t39-/m0/s1. The van der Waals surface area contributed by atoms with Crippen LogP contribution in [0.1, 0.15) is 181 Å². The predicted octanol–water partition coefficient (Wildman–Crippen LogP) is 11.8. The summed E-state index contributed by atoms with van der Waals surface area (Å²) in [4.78, 5) is 24.2. The lowest BCUT2D eigenvalue weighted by Crippen LogP contribution is -2.28. The summed E-state index contributed by atoms with van der Waals surface area (Å²) in [6.45, 7) is 3.99. The zero-order valence-electron chi connectivity index (χ0n) is 30.1. The molecule has 0 bridgehead atoms. The van der Waals surface area contributed by atoms with Crippen molar-refractivity contribution in [3.8, 4) is 0 Å². The third-order valence-corrected chi connectivity index (χ3v) is 8.14. The fourth-order valence-corrected chi connectivity index (χ4v) is 5.25. The van der Waals surface area contributed by atoms with Crippen molar-refractivity contribution in [3.63, 3.8) is 0 Å². The number of esters is 2. The third-order valence-electron chi connectivity index (χ3n) is 8.14. The summed E-state index contributed by atoms with van der Waals surface area (Å²) >= 11 is 0. The Morgan fingerprint density at radius 1 is 0.522 bits per heavy atom. The van der Waals surface area contributed by atoms with Gasteiger partial charge in [-0.1, -0.05) is 165 Å². The van der Waals surface area contributed by atoms with Gasteiger partial charge in [-0.05, 0) is 51.4 Å².